The van der Waals surface area contributed by atoms with Gasteiger partial charge in [-0.2, -0.15) is 0 Å². The summed E-state index contributed by atoms with van der Waals surface area (Å²) in [5, 5.41) is 3.53. The standard InChI is InChI=1S/C13H20N2/c1-5-11-8-14-12-7-9(2)6-10(3)13(12)15(11)4/h6-7,11,14H,5,8H2,1-4H3. The zero-order valence-corrected chi connectivity index (χ0v) is 10.1. The zero-order chi connectivity index (χ0) is 11.0. The molecule has 2 heteroatoms. The Morgan fingerprint density at radius 2 is 2.13 bits per heavy atom. The van der Waals surface area contributed by atoms with Crippen molar-refractivity contribution in [1.29, 1.82) is 0 Å². The van der Waals surface area contributed by atoms with E-state index in [0.29, 0.717) is 6.04 Å². The molecule has 2 rings (SSSR count). The molecule has 0 aliphatic carbocycles. The summed E-state index contributed by atoms with van der Waals surface area (Å²) >= 11 is 0. The second kappa shape index (κ2) is 3.76. The number of benzene rings is 1. The maximum Gasteiger partial charge on any atom is 0.0632 e. The van der Waals surface area contributed by atoms with Gasteiger partial charge in [-0.15, -0.1) is 0 Å². The summed E-state index contributed by atoms with van der Waals surface area (Å²) in [6, 6.07) is 5.12. The van der Waals surface area contributed by atoms with Gasteiger partial charge in [-0.3, -0.25) is 0 Å². The quantitative estimate of drug-likeness (QED) is 0.756. The second-order valence-corrected chi connectivity index (χ2v) is 4.53. The molecule has 0 bridgehead atoms. The van der Waals surface area contributed by atoms with Gasteiger partial charge < -0.3 is 10.2 Å². The van der Waals surface area contributed by atoms with Gasteiger partial charge >= 0.3 is 0 Å². The molecule has 1 heterocycles. The smallest absolute Gasteiger partial charge is 0.0632 e. The molecule has 0 saturated heterocycles. The molecule has 82 valence electrons. The summed E-state index contributed by atoms with van der Waals surface area (Å²) in [4.78, 5) is 2.42. The Labute approximate surface area is 92.3 Å². The Hall–Kier alpha value is -1.18. The van der Waals surface area contributed by atoms with Gasteiger partial charge in [-0.25, -0.2) is 0 Å². The molecule has 15 heavy (non-hydrogen) atoms. The Kier molecular flexibility index (Phi) is 2.59. The van der Waals surface area contributed by atoms with E-state index in [-0.39, 0.29) is 0 Å². The van der Waals surface area contributed by atoms with Gasteiger partial charge in [0.25, 0.3) is 0 Å². The first kappa shape index (κ1) is 10.3. The highest BCUT2D eigenvalue weighted by Gasteiger charge is 2.23. The van der Waals surface area contributed by atoms with Crippen molar-refractivity contribution >= 4 is 11.4 Å². The van der Waals surface area contributed by atoms with Crippen molar-refractivity contribution < 1.29 is 0 Å². The molecule has 1 aliphatic rings. The van der Waals surface area contributed by atoms with E-state index < -0.39 is 0 Å². The number of fused-ring (bicyclic) bond motifs is 1. The summed E-state index contributed by atoms with van der Waals surface area (Å²) in [5.41, 5.74) is 5.37. The fourth-order valence-corrected chi connectivity index (χ4v) is 2.53. The molecule has 0 aromatic heterocycles. The largest absolute Gasteiger partial charge is 0.381 e. The lowest BCUT2D eigenvalue weighted by Gasteiger charge is -2.37. The van der Waals surface area contributed by atoms with Crippen molar-refractivity contribution in [3.63, 3.8) is 0 Å². The van der Waals surface area contributed by atoms with Gasteiger partial charge in [0, 0.05) is 19.6 Å². The minimum absolute atomic E-state index is 0.624. The van der Waals surface area contributed by atoms with E-state index >= 15 is 0 Å². The first-order valence-electron chi connectivity index (χ1n) is 5.71. The highest BCUT2D eigenvalue weighted by Crippen LogP contribution is 2.35. The number of rotatable bonds is 1. The van der Waals surface area contributed by atoms with Crippen molar-refractivity contribution in [2.75, 3.05) is 23.8 Å². The first-order valence-corrected chi connectivity index (χ1v) is 5.71. The van der Waals surface area contributed by atoms with Gasteiger partial charge in [-0.05, 0) is 37.5 Å². The van der Waals surface area contributed by atoms with E-state index in [1.165, 1.54) is 28.9 Å². The molecule has 0 amide bonds. The first-order chi connectivity index (χ1) is 7.13. The normalized spacial score (nSPS) is 19.7. The third-order valence-corrected chi connectivity index (χ3v) is 3.34. The van der Waals surface area contributed by atoms with E-state index in [1.54, 1.807) is 0 Å². The minimum atomic E-state index is 0.624. The maximum atomic E-state index is 3.53. The minimum Gasteiger partial charge on any atom is -0.381 e. The Bertz CT molecular complexity index is 371. The zero-order valence-electron chi connectivity index (χ0n) is 10.1. The van der Waals surface area contributed by atoms with E-state index in [1.807, 2.05) is 0 Å². The molecule has 0 saturated carbocycles. The van der Waals surface area contributed by atoms with Crippen LogP contribution < -0.4 is 10.2 Å². The van der Waals surface area contributed by atoms with Crippen LogP contribution in [0.4, 0.5) is 11.4 Å². The third-order valence-electron chi connectivity index (χ3n) is 3.34. The van der Waals surface area contributed by atoms with E-state index in [4.69, 9.17) is 0 Å². The van der Waals surface area contributed by atoms with Gasteiger partial charge in [-0.1, -0.05) is 13.0 Å². The van der Waals surface area contributed by atoms with Crippen molar-refractivity contribution in [2.24, 2.45) is 0 Å². The molecular formula is C13H20N2. The molecule has 1 aromatic carbocycles. The van der Waals surface area contributed by atoms with Crippen LogP contribution in [-0.4, -0.2) is 19.6 Å². The van der Waals surface area contributed by atoms with Crippen LogP contribution in [-0.2, 0) is 0 Å². The van der Waals surface area contributed by atoms with Crippen molar-refractivity contribution in [2.45, 2.75) is 33.2 Å². The fourth-order valence-electron chi connectivity index (χ4n) is 2.53. The second-order valence-electron chi connectivity index (χ2n) is 4.53. The third kappa shape index (κ3) is 1.69. The SMILES string of the molecule is CCC1CNc2cc(C)cc(C)c2N1C. The lowest BCUT2D eigenvalue weighted by Crippen LogP contribution is -2.41. The average molecular weight is 204 g/mol. The highest BCUT2D eigenvalue weighted by atomic mass is 15.2. The van der Waals surface area contributed by atoms with E-state index in [2.05, 4.69) is 50.2 Å². The number of anilines is 2. The number of hydrogen-bond donors (Lipinski definition) is 1. The van der Waals surface area contributed by atoms with E-state index in [9.17, 15) is 0 Å². The summed E-state index contributed by atoms with van der Waals surface area (Å²) < 4.78 is 0. The molecule has 2 nitrogen and oxygen atoms in total. The highest BCUT2D eigenvalue weighted by molar-refractivity contribution is 5.76. The molecule has 0 spiro atoms. The van der Waals surface area contributed by atoms with Crippen LogP contribution in [0.15, 0.2) is 12.1 Å². The van der Waals surface area contributed by atoms with E-state index in [0.717, 1.165) is 6.54 Å². The number of hydrogen-bond acceptors (Lipinski definition) is 2. The molecule has 0 fully saturated rings. The lowest BCUT2D eigenvalue weighted by atomic mass is 10.0. The van der Waals surface area contributed by atoms with Crippen LogP contribution in [0.1, 0.15) is 24.5 Å². The predicted molar refractivity (Wildman–Crippen MR) is 66.9 cm³/mol. The molecule has 0 radical (unpaired) electrons. The molecule has 1 aliphatic heterocycles. The van der Waals surface area contributed by atoms with Crippen LogP contribution in [0, 0.1) is 13.8 Å². The van der Waals surface area contributed by atoms with Crippen LogP contribution in [0.3, 0.4) is 0 Å². The van der Waals surface area contributed by atoms with Gasteiger partial charge in [0.05, 0.1) is 11.4 Å². The molecule has 1 N–H and O–H groups in total. The Morgan fingerprint density at radius 3 is 2.80 bits per heavy atom. The number of aryl methyl sites for hydroxylation is 2. The van der Waals surface area contributed by atoms with Gasteiger partial charge in [0.15, 0.2) is 0 Å². The van der Waals surface area contributed by atoms with Crippen LogP contribution in [0.25, 0.3) is 0 Å². The summed E-state index contributed by atoms with van der Waals surface area (Å²) in [6.45, 7) is 7.66. The van der Waals surface area contributed by atoms with Crippen molar-refractivity contribution in [1.82, 2.24) is 0 Å². The molecular weight excluding hydrogens is 184 g/mol. The van der Waals surface area contributed by atoms with Gasteiger partial charge in [0.1, 0.15) is 0 Å². The van der Waals surface area contributed by atoms with Crippen molar-refractivity contribution in [3.05, 3.63) is 23.3 Å². The number of nitrogens with zero attached hydrogens (tertiary/aromatic N) is 1. The topological polar surface area (TPSA) is 15.3 Å². The summed E-state index contributed by atoms with van der Waals surface area (Å²) in [6.07, 6.45) is 1.19. The molecule has 1 atom stereocenters. The summed E-state index contributed by atoms with van der Waals surface area (Å²) in [5.74, 6) is 0. The number of nitrogens with one attached hydrogen (secondary N) is 1. The van der Waals surface area contributed by atoms with Gasteiger partial charge in [0.2, 0.25) is 0 Å². The van der Waals surface area contributed by atoms with Crippen LogP contribution in [0.5, 0.6) is 0 Å². The fraction of sp³-hybridized carbons (Fsp3) is 0.538. The lowest BCUT2D eigenvalue weighted by molar-refractivity contribution is 0.621. The average Bonchev–Trinajstić information content (AvgIpc) is 2.17. The number of likely N-dealkylation sites (N-methyl/N-ethyl adjacent to an activating group) is 1. The Balaban J connectivity index is 2.47. The summed E-state index contributed by atoms with van der Waals surface area (Å²) in [7, 11) is 2.20. The maximum absolute atomic E-state index is 3.53. The van der Waals surface area contributed by atoms with Crippen molar-refractivity contribution in [3.8, 4) is 0 Å². The van der Waals surface area contributed by atoms with Crippen LogP contribution in [0.2, 0.25) is 0 Å². The predicted octanol–water partition coefficient (Wildman–Crippen LogP) is 2.94. The molecule has 1 aromatic rings. The van der Waals surface area contributed by atoms with Crippen LogP contribution >= 0.6 is 0 Å². The molecule has 1 unspecified atom stereocenters. The monoisotopic (exact) mass is 204 g/mol. The Morgan fingerprint density at radius 1 is 1.40 bits per heavy atom.